The number of hydrogen-bond acceptors (Lipinski definition) is 10. The standard InChI is InChI=1S/C27H28Cl2F2O10/c1-4-35-24(32)39-21-20(16-9-12-19(29)17(14-16)13-15-7-10-18(28)11-8-15)38-23(41-26(34)37-6-3)27(30,31)22(21)40-25(33)36-5-2/h7-12,14,20-23H,4-6,13H2,1-3H3/t20-,21-,22+,23+/m0/s1. The van der Waals surface area contributed by atoms with Gasteiger partial charge in [-0.25, -0.2) is 14.4 Å². The van der Waals surface area contributed by atoms with E-state index in [1.807, 2.05) is 0 Å². The van der Waals surface area contributed by atoms with E-state index in [9.17, 15) is 14.4 Å². The third-order valence-electron chi connectivity index (χ3n) is 5.71. The van der Waals surface area contributed by atoms with Crippen LogP contribution in [-0.4, -0.2) is 62.7 Å². The lowest BCUT2D eigenvalue weighted by molar-refractivity contribution is -0.346. The van der Waals surface area contributed by atoms with Crippen molar-refractivity contribution in [3.05, 3.63) is 69.2 Å². The zero-order valence-corrected chi connectivity index (χ0v) is 23.8. The summed E-state index contributed by atoms with van der Waals surface area (Å²) in [6.45, 7) is 3.83. The van der Waals surface area contributed by atoms with E-state index >= 15 is 8.78 Å². The minimum atomic E-state index is -4.24. The quantitative estimate of drug-likeness (QED) is 0.217. The van der Waals surface area contributed by atoms with Crippen molar-refractivity contribution in [2.24, 2.45) is 0 Å². The Kier molecular flexibility index (Phi) is 11.4. The number of alkyl halides is 2. The van der Waals surface area contributed by atoms with Crippen molar-refractivity contribution in [3.8, 4) is 0 Å². The van der Waals surface area contributed by atoms with Crippen molar-refractivity contribution in [2.75, 3.05) is 19.8 Å². The van der Waals surface area contributed by atoms with E-state index in [1.54, 1.807) is 24.3 Å². The highest BCUT2D eigenvalue weighted by Crippen LogP contribution is 2.45. The first-order valence-electron chi connectivity index (χ1n) is 12.6. The van der Waals surface area contributed by atoms with Crippen LogP contribution in [0.15, 0.2) is 42.5 Å². The number of rotatable bonds is 9. The van der Waals surface area contributed by atoms with E-state index in [-0.39, 0.29) is 25.4 Å². The molecule has 2 aromatic carbocycles. The lowest BCUT2D eigenvalue weighted by Crippen LogP contribution is -2.62. The van der Waals surface area contributed by atoms with Gasteiger partial charge in [-0.2, -0.15) is 8.78 Å². The SMILES string of the molecule is CCOC(=O)O[C@@H]1[C@@H](OC(=O)OCC)C(F)(F)[C@@H](OC(=O)OCC)O[C@H]1c1ccc(Cl)c(Cc2ccc(Cl)cc2)c1. The Bertz CT molecular complexity index is 1210. The molecule has 4 atom stereocenters. The van der Waals surface area contributed by atoms with Crippen LogP contribution >= 0.6 is 23.2 Å². The van der Waals surface area contributed by atoms with Crippen LogP contribution in [0.5, 0.6) is 0 Å². The molecule has 1 heterocycles. The summed E-state index contributed by atoms with van der Waals surface area (Å²) in [5.74, 6) is -4.24. The van der Waals surface area contributed by atoms with Gasteiger partial charge in [0.25, 0.3) is 6.29 Å². The molecule has 0 aliphatic carbocycles. The van der Waals surface area contributed by atoms with Gasteiger partial charge >= 0.3 is 24.4 Å². The molecule has 3 rings (SSSR count). The molecule has 1 saturated heterocycles. The van der Waals surface area contributed by atoms with Gasteiger partial charge in [0.1, 0.15) is 6.10 Å². The highest BCUT2D eigenvalue weighted by molar-refractivity contribution is 6.31. The molecular formula is C27H28Cl2F2O10. The summed E-state index contributed by atoms with van der Waals surface area (Å²) in [5, 5.41) is 0.871. The van der Waals surface area contributed by atoms with Crippen molar-refractivity contribution < 1.29 is 56.3 Å². The van der Waals surface area contributed by atoms with Crippen molar-refractivity contribution in [1.82, 2.24) is 0 Å². The van der Waals surface area contributed by atoms with Gasteiger partial charge in [-0.15, -0.1) is 0 Å². The molecule has 224 valence electrons. The monoisotopic (exact) mass is 620 g/mol. The van der Waals surface area contributed by atoms with Crippen LogP contribution in [0.4, 0.5) is 23.2 Å². The molecule has 0 aromatic heterocycles. The molecular weight excluding hydrogens is 593 g/mol. The van der Waals surface area contributed by atoms with Crippen LogP contribution < -0.4 is 0 Å². The number of hydrogen-bond donors (Lipinski definition) is 0. The molecule has 0 bridgehead atoms. The highest BCUT2D eigenvalue weighted by Gasteiger charge is 2.65. The Morgan fingerprint density at radius 3 is 1.98 bits per heavy atom. The summed E-state index contributed by atoms with van der Waals surface area (Å²) in [5.41, 5.74) is 1.56. The van der Waals surface area contributed by atoms with E-state index in [4.69, 9.17) is 46.9 Å². The maximum atomic E-state index is 15.7. The maximum Gasteiger partial charge on any atom is 0.510 e. The Hall–Kier alpha value is -3.35. The Morgan fingerprint density at radius 1 is 0.829 bits per heavy atom. The lowest BCUT2D eigenvalue weighted by atomic mass is 9.91. The second kappa shape index (κ2) is 14.5. The summed E-state index contributed by atoms with van der Waals surface area (Å²) in [6, 6.07) is 11.4. The van der Waals surface area contributed by atoms with Crippen LogP contribution in [0.2, 0.25) is 10.0 Å². The summed E-state index contributed by atoms with van der Waals surface area (Å²) in [6.07, 6.45) is -12.7. The largest absolute Gasteiger partial charge is 0.510 e. The van der Waals surface area contributed by atoms with Gasteiger partial charge in [-0.3, -0.25) is 0 Å². The van der Waals surface area contributed by atoms with E-state index in [0.29, 0.717) is 22.0 Å². The number of carbonyl (C=O) groups excluding carboxylic acids is 3. The second-order valence-electron chi connectivity index (χ2n) is 8.51. The zero-order chi connectivity index (χ0) is 30.2. The van der Waals surface area contributed by atoms with Crippen LogP contribution in [-0.2, 0) is 39.6 Å². The van der Waals surface area contributed by atoms with E-state index in [2.05, 4.69) is 9.47 Å². The van der Waals surface area contributed by atoms with Gasteiger partial charge in [0.15, 0.2) is 6.10 Å². The van der Waals surface area contributed by atoms with E-state index in [1.165, 1.54) is 39.0 Å². The fourth-order valence-corrected chi connectivity index (χ4v) is 4.25. The smallest absolute Gasteiger partial charge is 0.435 e. The van der Waals surface area contributed by atoms with Crippen molar-refractivity contribution >= 4 is 41.7 Å². The predicted octanol–water partition coefficient (Wildman–Crippen LogP) is 6.87. The van der Waals surface area contributed by atoms with Crippen LogP contribution in [0, 0.1) is 0 Å². The Morgan fingerprint density at radius 2 is 1.39 bits per heavy atom. The van der Waals surface area contributed by atoms with Crippen molar-refractivity contribution in [3.63, 3.8) is 0 Å². The normalized spacial score (nSPS) is 21.3. The molecule has 0 saturated carbocycles. The molecule has 0 N–H and O–H groups in total. The molecule has 0 amide bonds. The van der Waals surface area contributed by atoms with Gasteiger partial charge in [-0.1, -0.05) is 47.5 Å². The van der Waals surface area contributed by atoms with E-state index < -0.39 is 49.0 Å². The topological polar surface area (TPSA) is 116 Å². The minimum Gasteiger partial charge on any atom is -0.435 e. The summed E-state index contributed by atoms with van der Waals surface area (Å²) < 4.78 is 66.0. The number of halogens is 4. The lowest BCUT2D eigenvalue weighted by Gasteiger charge is -2.44. The average Bonchev–Trinajstić information content (AvgIpc) is 2.91. The molecule has 0 radical (unpaired) electrons. The Balaban J connectivity index is 2.08. The van der Waals surface area contributed by atoms with Crippen LogP contribution in [0.3, 0.4) is 0 Å². The molecule has 41 heavy (non-hydrogen) atoms. The summed E-state index contributed by atoms with van der Waals surface area (Å²) in [7, 11) is 0. The third-order valence-corrected chi connectivity index (χ3v) is 6.33. The molecule has 1 fully saturated rings. The first-order chi connectivity index (χ1) is 19.5. The second-order valence-corrected chi connectivity index (χ2v) is 9.35. The van der Waals surface area contributed by atoms with Crippen molar-refractivity contribution in [1.29, 1.82) is 0 Å². The van der Waals surface area contributed by atoms with E-state index in [0.717, 1.165) is 5.56 Å². The van der Waals surface area contributed by atoms with Gasteiger partial charge < -0.3 is 33.2 Å². The molecule has 1 aliphatic heterocycles. The van der Waals surface area contributed by atoms with Crippen LogP contribution in [0.1, 0.15) is 43.6 Å². The zero-order valence-electron chi connectivity index (χ0n) is 22.3. The average molecular weight is 621 g/mol. The number of ether oxygens (including phenoxy) is 7. The summed E-state index contributed by atoms with van der Waals surface area (Å²) >= 11 is 12.4. The molecule has 14 heteroatoms. The molecule has 1 aliphatic rings. The summed E-state index contributed by atoms with van der Waals surface area (Å²) in [4.78, 5) is 36.6. The van der Waals surface area contributed by atoms with Gasteiger partial charge in [0.05, 0.1) is 19.8 Å². The number of benzene rings is 2. The molecule has 10 nitrogen and oxygen atoms in total. The van der Waals surface area contributed by atoms with Crippen LogP contribution in [0.25, 0.3) is 0 Å². The fourth-order valence-electron chi connectivity index (χ4n) is 3.94. The van der Waals surface area contributed by atoms with Gasteiger partial charge in [0.2, 0.25) is 6.10 Å². The number of carbonyl (C=O) groups is 3. The molecule has 0 unspecified atom stereocenters. The van der Waals surface area contributed by atoms with Gasteiger partial charge in [0, 0.05) is 10.0 Å². The minimum absolute atomic E-state index is 0.141. The van der Waals surface area contributed by atoms with Crippen molar-refractivity contribution in [2.45, 2.75) is 57.7 Å². The molecule has 2 aromatic rings. The predicted molar refractivity (Wildman–Crippen MR) is 140 cm³/mol. The Labute approximate surface area is 244 Å². The first-order valence-corrected chi connectivity index (χ1v) is 13.3. The molecule has 0 spiro atoms. The maximum absolute atomic E-state index is 15.7. The highest BCUT2D eigenvalue weighted by atomic mass is 35.5. The first kappa shape index (κ1) is 32.2. The fraction of sp³-hybridized carbons (Fsp3) is 0.444. The third kappa shape index (κ3) is 8.34. The van der Waals surface area contributed by atoms with Gasteiger partial charge in [-0.05, 0) is 62.1 Å².